The van der Waals surface area contributed by atoms with Gasteiger partial charge in [-0.3, -0.25) is 0 Å². The number of ether oxygens (including phenoxy) is 2. The Morgan fingerprint density at radius 3 is 2.53 bits per heavy atom. The van der Waals surface area contributed by atoms with Crippen molar-refractivity contribution in [2.24, 2.45) is 0 Å². The highest BCUT2D eigenvalue weighted by molar-refractivity contribution is 5.71. The lowest BCUT2D eigenvalue weighted by Gasteiger charge is -2.43. The number of pyridine rings is 1. The van der Waals surface area contributed by atoms with Crippen molar-refractivity contribution in [3.05, 3.63) is 42.4 Å². The second-order valence-corrected chi connectivity index (χ2v) is 9.83. The summed E-state index contributed by atoms with van der Waals surface area (Å²) < 4.78 is 13.9. The standard InChI is InChI=1S/C24H31N5O3/c1-23(2,3)32-22(30)28-14-9-24(10-15-28)16-18(27-12-6-7-13-27)21-19(31-24)17-29(26-21)20-8-4-5-11-25-20/h4-5,8,11,16-17H,6-7,9-10,12-15H2,1-3H3. The van der Waals surface area contributed by atoms with E-state index in [1.54, 1.807) is 15.8 Å². The van der Waals surface area contributed by atoms with E-state index in [4.69, 9.17) is 14.6 Å². The first-order valence-corrected chi connectivity index (χ1v) is 11.5. The Bertz CT molecular complexity index is 1010. The second kappa shape index (κ2) is 7.83. The number of hydrogen-bond donors (Lipinski definition) is 0. The van der Waals surface area contributed by atoms with E-state index in [0.29, 0.717) is 13.1 Å². The van der Waals surface area contributed by atoms with E-state index in [-0.39, 0.29) is 6.09 Å². The Kier molecular flexibility index (Phi) is 5.10. The van der Waals surface area contributed by atoms with E-state index in [0.717, 1.165) is 48.9 Å². The molecule has 0 aliphatic carbocycles. The smallest absolute Gasteiger partial charge is 0.410 e. The van der Waals surface area contributed by atoms with Crippen LogP contribution in [0.3, 0.4) is 0 Å². The van der Waals surface area contributed by atoms with Gasteiger partial charge in [0, 0.05) is 45.2 Å². The van der Waals surface area contributed by atoms with Crippen LogP contribution in [0.1, 0.15) is 52.1 Å². The Hall–Kier alpha value is -3.03. The van der Waals surface area contributed by atoms with Crippen LogP contribution in [0.5, 0.6) is 5.75 Å². The lowest BCUT2D eigenvalue weighted by Crippen LogP contribution is -2.51. The minimum absolute atomic E-state index is 0.254. The number of rotatable bonds is 2. The molecule has 3 aliphatic rings. The number of piperidine rings is 1. The van der Waals surface area contributed by atoms with Crippen molar-refractivity contribution >= 4 is 11.8 Å². The van der Waals surface area contributed by atoms with E-state index in [1.807, 2.05) is 45.2 Å². The van der Waals surface area contributed by atoms with Crippen molar-refractivity contribution in [1.29, 1.82) is 0 Å². The Morgan fingerprint density at radius 2 is 1.88 bits per heavy atom. The predicted octanol–water partition coefficient (Wildman–Crippen LogP) is 3.87. The highest BCUT2D eigenvalue weighted by atomic mass is 16.6. The van der Waals surface area contributed by atoms with Crippen LogP contribution in [-0.4, -0.2) is 68.0 Å². The van der Waals surface area contributed by atoms with E-state index in [2.05, 4.69) is 16.0 Å². The summed E-state index contributed by atoms with van der Waals surface area (Å²) in [6.45, 7) is 8.94. The molecule has 2 aromatic rings. The molecule has 0 atom stereocenters. The summed E-state index contributed by atoms with van der Waals surface area (Å²) in [5.41, 5.74) is 1.08. The summed E-state index contributed by atoms with van der Waals surface area (Å²) in [5.74, 6) is 1.55. The fourth-order valence-corrected chi connectivity index (χ4v) is 4.62. The monoisotopic (exact) mass is 437 g/mol. The molecule has 8 heteroatoms. The zero-order valence-electron chi connectivity index (χ0n) is 19.1. The van der Waals surface area contributed by atoms with Crippen LogP contribution in [0.4, 0.5) is 4.79 Å². The van der Waals surface area contributed by atoms with E-state index < -0.39 is 11.2 Å². The van der Waals surface area contributed by atoms with Crippen LogP contribution in [0.25, 0.3) is 11.5 Å². The fourth-order valence-electron chi connectivity index (χ4n) is 4.62. The third-order valence-corrected chi connectivity index (χ3v) is 6.23. The zero-order chi connectivity index (χ0) is 22.3. The van der Waals surface area contributed by atoms with Crippen molar-refractivity contribution in [1.82, 2.24) is 24.6 Å². The van der Waals surface area contributed by atoms with Gasteiger partial charge in [0.1, 0.15) is 11.2 Å². The molecule has 0 saturated carbocycles. The summed E-state index contributed by atoms with van der Waals surface area (Å²) in [7, 11) is 0. The van der Waals surface area contributed by atoms with Crippen LogP contribution in [-0.2, 0) is 4.74 Å². The molecule has 2 aromatic heterocycles. The minimum Gasteiger partial charge on any atom is -0.479 e. The quantitative estimate of drug-likeness (QED) is 0.710. The molecule has 32 heavy (non-hydrogen) atoms. The first kappa shape index (κ1) is 20.8. The van der Waals surface area contributed by atoms with Crippen molar-refractivity contribution in [2.75, 3.05) is 26.2 Å². The maximum atomic E-state index is 12.5. The average Bonchev–Trinajstić information content (AvgIpc) is 3.43. The molecule has 2 fully saturated rings. The number of carbonyl (C=O) groups is 1. The molecular formula is C24H31N5O3. The zero-order valence-corrected chi connectivity index (χ0v) is 19.1. The molecule has 5 rings (SSSR count). The molecule has 0 radical (unpaired) electrons. The molecule has 1 spiro atoms. The molecule has 1 amide bonds. The molecule has 0 N–H and O–H groups in total. The van der Waals surface area contributed by atoms with Gasteiger partial charge in [-0.05, 0) is 51.8 Å². The molecule has 170 valence electrons. The average molecular weight is 438 g/mol. The number of carbonyl (C=O) groups excluding carboxylic acids is 1. The van der Waals surface area contributed by atoms with Gasteiger partial charge in [-0.1, -0.05) is 6.07 Å². The molecule has 3 aliphatic heterocycles. The molecule has 0 unspecified atom stereocenters. The van der Waals surface area contributed by atoms with Crippen molar-refractivity contribution in [3.63, 3.8) is 0 Å². The summed E-state index contributed by atoms with van der Waals surface area (Å²) in [6, 6.07) is 5.79. The van der Waals surface area contributed by atoms with E-state index in [9.17, 15) is 4.79 Å². The van der Waals surface area contributed by atoms with Crippen LogP contribution in [0.15, 0.2) is 36.7 Å². The maximum Gasteiger partial charge on any atom is 0.410 e. The normalized spacial score (nSPS) is 20.0. The second-order valence-electron chi connectivity index (χ2n) is 9.83. The summed E-state index contributed by atoms with van der Waals surface area (Å²) in [4.78, 5) is 21.2. The third-order valence-electron chi connectivity index (χ3n) is 6.23. The maximum absolute atomic E-state index is 12.5. The topological polar surface area (TPSA) is 72.7 Å². The van der Waals surface area contributed by atoms with E-state index >= 15 is 0 Å². The SMILES string of the molecule is CC(C)(C)OC(=O)N1CCC2(C=C(N3CCCC3)c3nn(-c4ccccn4)cc3O2)CC1. The van der Waals surface area contributed by atoms with Gasteiger partial charge < -0.3 is 19.3 Å². The highest BCUT2D eigenvalue weighted by Gasteiger charge is 2.43. The van der Waals surface area contributed by atoms with Gasteiger partial charge in [0.05, 0.1) is 11.9 Å². The molecule has 0 bridgehead atoms. The molecule has 2 saturated heterocycles. The number of likely N-dealkylation sites (tertiary alicyclic amines) is 2. The fraction of sp³-hybridized carbons (Fsp3) is 0.542. The first-order valence-electron chi connectivity index (χ1n) is 11.5. The van der Waals surface area contributed by atoms with Gasteiger partial charge in [-0.2, -0.15) is 5.10 Å². The summed E-state index contributed by atoms with van der Waals surface area (Å²) in [6.07, 6.45) is 9.51. The summed E-state index contributed by atoms with van der Waals surface area (Å²) in [5, 5.41) is 4.84. The molecule has 0 aromatic carbocycles. The van der Waals surface area contributed by atoms with Gasteiger partial charge in [0.15, 0.2) is 17.3 Å². The van der Waals surface area contributed by atoms with Gasteiger partial charge in [-0.25, -0.2) is 14.5 Å². The minimum atomic E-state index is -0.495. The van der Waals surface area contributed by atoms with Crippen LogP contribution in [0, 0.1) is 0 Å². The molecular weight excluding hydrogens is 406 g/mol. The van der Waals surface area contributed by atoms with Crippen LogP contribution < -0.4 is 4.74 Å². The first-order chi connectivity index (χ1) is 15.3. The number of amides is 1. The summed E-state index contributed by atoms with van der Waals surface area (Å²) >= 11 is 0. The van der Waals surface area contributed by atoms with Gasteiger partial charge in [-0.15, -0.1) is 0 Å². The number of aromatic nitrogens is 3. The Balaban J connectivity index is 1.41. The largest absolute Gasteiger partial charge is 0.479 e. The van der Waals surface area contributed by atoms with Crippen LogP contribution >= 0.6 is 0 Å². The Labute approximate surface area is 188 Å². The lowest BCUT2D eigenvalue weighted by molar-refractivity contribution is -0.00156. The van der Waals surface area contributed by atoms with Gasteiger partial charge >= 0.3 is 6.09 Å². The lowest BCUT2D eigenvalue weighted by atomic mass is 9.88. The van der Waals surface area contributed by atoms with Gasteiger partial charge in [0.25, 0.3) is 0 Å². The number of hydrogen-bond acceptors (Lipinski definition) is 6. The molecule has 8 nitrogen and oxygen atoms in total. The van der Waals surface area contributed by atoms with Crippen LogP contribution in [0.2, 0.25) is 0 Å². The van der Waals surface area contributed by atoms with Crippen molar-refractivity contribution < 1.29 is 14.3 Å². The van der Waals surface area contributed by atoms with Crippen molar-refractivity contribution in [3.8, 4) is 11.6 Å². The highest BCUT2D eigenvalue weighted by Crippen LogP contribution is 2.42. The Morgan fingerprint density at radius 1 is 1.12 bits per heavy atom. The van der Waals surface area contributed by atoms with Crippen molar-refractivity contribution in [2.45, 2.75) is 57.7 Å². The predicted molar refractivity (Wildman–Crippen MR) is 121 cm³/mol. The molecule has 5 heterocycles. The third kappa shape index (κ3) is 4.06. The van der Waals surface area contributed by atoms with Gasteiger partial charge in [0.2, 0.25) is 0 Å². The van der Waals surface area contributed by atoms with E-state index in [1.165, 1.54) is 12.8 Å². The number of fused-ring (bicyclic) bond motifs is 1. The number of nitrogens with zero attached hydrogens (tertiary/aromatic N) is 5.